The molecule has 0 aliphatic heterocycles. The molecule has 0 aliphatic carbocycles. The van der Waals surface area contributed by atoms with Crippen molar-refractivity contribution in [3.63, 3.8) is 0 Å². The van der Waals surface area contributed by atoms with E-state index in [-0.39, 0.29) is 49.8 Å². The summed E-state index contributed by atoms with van der Waals surface area (Å²) in [6, 6.07) is 0. The van der Waals surface area contributed by atoms with Gasteiger partial charge in [0.15, 0.2) is 0 Å². The molecule has 0 fully saturated rings. The fraction of sp³-hybridized carbons (Fsp3) is 0. The molecular formula is H6FeO5PbS. The molecule has 0 aliphatic rings. The Morgan fingerprint density at radius 2 is 1.12 bits per heavy atom. The van der Waals surface area contributed by atoms with Crippen molar-refractivity contribution in [2.45, 2.75) is 0 Å². The Morgan fingerprint density at radius 1 is 1.12 bits per heavy atom. The van der Waals surface area contributed by atoms with Gasteiger partial charge in [0, 0.05) is 17.1 Å². The van der Waals surface area contributed by atoms with Crippen molar-refractivity contribution in [3.8, 4) is 0 Å². The van der Waals surface area contributed by atoms with Gasteiger partial charge in [-0.05, 0) is 0 Å². The fourth-order valence-electron chi connectivity index (χ4n) is 0. The van der Waals surface area contributed by atoms with Crippen LogP contribution >= 0.6 is 0 Å². The Labute approximate surface area is 77.4 Å². The van der Waals surface area contributed by atoms with Crippen molar-refractivity contribution in [3.05, 3.63) is 0 Å². The second-order valence-electron chi connectivity index (χ2n) is 0.448. The van der Waals surface area contributed by atoms with Crippen LogP contribution in [-0.2, 0) is 27.5 Å². The molecule has 54 valence electrons. The number of hydrogen-bond acceptors (Lipinski definition) is 2. The minimum absolute atomic E-state index is 0. The zero-order valence-corrected chi connectivity index (χ0v) is 11.1. The van der Waals surface area contributed by atoms with E-state index in [1.807, 2.05) is 0 Å². The normalized spacial score (nSPS) is 7.25. The third-order valence-electron chi connectivity index (χ3n) is 0. The van der Waals surface area contributed by atoms with Crippen molar-refractivity contribution >= 4 is 37.7 Å². The second kappa shape index (κ2) is 8.27. The minimum atomic E-state index is -4.67. The molecule has 0 saturated heterocycles. The zero-order valence-electron chi connectivity index (χ0n) is 3.68. The summed E-state index contributed by atoms with van der Waals surface area (Å²) in [4.78, 5) is 0. The van der Waals surface area contributed by atoms with Crippen LogP contribution in [0.15, 0.2) is 0 Å². The van der Waals surface area contributed by atoms with Crippen LogP contribution in [-0.4, -0.2) is 50.3 Å². The van der Waals surface area contributed by atoms with E-state index >= 15 is 0 Å². The van der Waals surface area contributed by atoms with Crippen LogP contribution in [0.3, 0.4) is 0 Å². The molecule has 0 bridgehead atoms. The summed E-state index contributed by atoms with van der Waals surface area (Å²) < 4.78 is 31.6. The summed E-state index contributed by atoms with van der Waals surface area (Å²) in [5.41, 5.74) is 0. The molecule has 5 nitrogen and oxygen atoms in total. The summed E-state index contributed by atoms with van der Waals surface area (Å²) in [5.74, 6) is 0. The number of rotatable bonds is 0. The molecule has 2 radical (unpaired) electrons. The van der Waals surface area contributed by atoms with Crippen molar-refractivity contribution in [2.75, 3.05) is 0 Å². The van der Waals surface area contributed by atoms with E-state index in [4.69, 9.17) is 17.5 Å². The maximum absolute atomic E-state index is 8.74. The van der Waals surface area contributed by atoms with Crippen molar-refractivity contribution in [1.29, 1.82) is 0 Å². The summed E-state index contributed by atoms with van der Waals surface area (Å²) in [7, 11) is -4.67. The third-order valence-corrected chi connectivity index (χ3v) is 0. The Morgan fingerprint density at radius 3 is 1.12 bits per heavy atom. The van der Waals surface area contributed by atoms with Crippen LogP contribution in [0.25, 0.3) is 0 Å². The van der Waals surface area contributed by atoms with E-state index in [0.717, 1.165) is 0 Å². The predicted octanol–water partition coefficient (Wildman–Crippen LogP) is -2.40. The van der Waals surface area contributed by atoms with Crippen LogP contribution in [0.4, 0.5) is 0 Å². The Balaban J connectivity index is -0.0000000267. The molecule has 8 heteroatoms. The molecular weight excluding hydrogens is 375 g/mol. The number of hydrogen-bond donors (Lipinski definition) is 2. The van der Waals surface area contributed by atoms with E-state index in [9.17, 15) is 0 Å². The quantitative estimate of drug-likeness (QED) is 0.361. The van der Waals surface area contributed by atoms with E-state index in [0.29, 0.717) is 0 Å². The van der Waals surface area contributed by atoms with Gasteiger partial charge in [-0.25, -0.2) is 0 Å². The Bertz CT molecular complexity index is 95.6. The first-order chi connectivity index (χ1) is 2.00. The van der Waals surface area contributed by atoms with E-state index in [2.05, 4.69) is 0 Å². The monoisotopic (exact) mass is 382 g/mol. The van der Waals surface area contributed by atoms with Gasteiger partial charge in [0.05, 0.1) is 0 Å². The Kier molecular flexibility index (Phi) is 23.6. The van der Waals surface area contributed by atoms with Gasteiger partial charge in [-0.2, -0.15) is 8.42 Å². The molecule has 0 amide bonds. The predicted molar refractivity (Wildman–Crippen MR) is 26.3 cm³/mol. The molecule has 0 atom stereocenters. The summed E-state index contributed by atoms with van der Waals surface area (Å²) in [5, 5.41) is 0. The summed E-state index contributed by atoms with van der Waals surface area (Å²) in [6.45, 7) is 0. The molecule has 0 saturated carbocycles. The van der Waals surface area contributed by atoms with Crippen LogP contribution in [0.1, 0.15) is 0 Å². The van der Waals surface area contributed by atoms with Gasteiger partial charge in [0.25, 0.3) is 0 Å². The fourth-order valence-corrected chi connectivity index (χ4v) is 0. The molecule has 0 aromatic rings. The molecule has 0 unspecified atom stereocenters. The van der Waals surface area contributed by atoms with E-state index < -0.39 is 10.4 Å². The first kappa shape index (κ1) is 22.8. The molecule has 0 aromatic heterocycles. The van der Waals surface area contributed by atoms with Crippen LogP contribution in [0, 0.1) is 0 Å². The molecule has 0 spiro atoms. The average Bonchev–Trinajstić information content (AvgIpc) is 0.722. The van der Waals surface area contributed by atoms with Crippen molar-refractivity contribution in [1.82, 2.24) is 0 Å². The first-order valence-corrected chi connectivity index (χ1v) is 2.10. The van der Waals surface area contributed by atoms with Crippen LogP contribution < -0.4 is 0 Å². The van der Waals surface area contributed by atoms with Gasteiger partial charge < -0.3 is 5.48 Å². The second-order valence-corrected chi connectivity index (χ2v) is 1.34. The van der Waals surface area contributed by atoms with Gasteiger partial charge in [-0.3, -0.25) is 9.11 Å². The molecule has 4 N–H and O–H groups in total. The standard InChI is InChI=1S/Fe.H2O4S.H2O.Pb.2H/c;1-5(2,3)4;;;;/h;(H2,1,2,3,4);1H2;;;. The average molecular weight is 381 g/mol. The van der Waals surface area contributed by atoms with E-state index in [1.165, 1.54) is 0 Å². The summed E-state index contributed by atoms with van der Waals surface area (Å²) in [6.07, 6.45) is 0. The topological polar surface area (TPSA) is 106 Å². The molecule has 0 heterocycles. The van der Waals surface area contributed by atoms with E-state index in [1.54, 1.807) is 0 Å². The van der Waals surface area contributed by atoms with Gasteiger partial charge >= 0.3 is 37.7 Å². The van der Waals surface area contributed by atoms with Gasteiger partial charge in [-0.15, -0.1) is 0 Å². The Hall–Kier alpha value is 1.27. The van der Waals surface area contributed by atoms with Crippen LogP contribution in [0.2, 0.25) is 0 Å². The van der Waals surface area contributed by atoms with Gasteiger partial charge in [0.1, 0.15) is 0 Å². The first-order valence-electron chi connectivity index (χ1n) is 0.698. The molecule has 0 rings (SSSR count). The van der Waals surface area contributed by atoms with Crippen molar-refractivity contribution in [2.24, 2.45) is 0 Å². The van der Waals surface area contributed by atoms with Gasteiger partial charge in [-0.1, -0.05) is 0 Å². The summed E-state index contributed by atoms with van der Waals surface area (Å²) >= 11 is 0. The van der Waals surface area contributed by atoms with Crippen molar-refractivity contribution < 1.29 is 40.1 Å². The third kappa shape index (κ3) is 177. The van der Waals surface area contributed by atoms with Gasteiger partial charge in [0.2, 0.25) is 0 Å². The maximum atomic E-state index is 8.74. The molecule has 8 heavy (non-hydrogen) atoms. The van der Waals surface area contributed by atoms with Crippen LogP contribution in [0.5, 0.6) is 0 Å². The SMILES string of the molecule is O.O=S(=O)(O)O.[Fe].[PbH2]. The zero-order chi connectivity index (χ0) is 4.50. The molecule has 0 aromatic carbocycles.